The second-order valence-electron chi connectivity index (χ2n) is 2.58. The maximum atomic E-state index is 12.3. The number of hydrogen-bond donors (Lipinski definition) is 1. The van der Waals surface area contributed by atoms with Crippen molar-refractivity contribution < 1.29 is 13.9 Å². The molecule has 1 N–H and O–H groups in total. The summed E-state index contributed by atoms with van der Waals surface area (Å²) in [5.74, 6) is -3.55. The molecule has 0 bridgehead atoms. The van der Waals surface area contributed by atoms with Gasteiger partial charge in [-0.15, -0.1) is 0 Å². The number of hydrogen-bond acceptors (Lipinski definition) is 1. The Balaban J connectivity index is 2.33. The SMILES string of the molecule is CC1C(CCO)C1(F)F. The van der Waals surface area contributed by atoms with Gasteiger partial charge in [0.2, 0.25) is 0 Å². The van der Waals surface area contributed by atoms with E-state index in [-0.39, 0.29) is 13.0 Å². The summed E-state index contributed by atoms with van der Waals surface area (Å²) >= 11 is 0. The van der Waals surface area contributed by atoms with Crippen LogP contribution in [0.25, 0.3) is 0 Å². The third-order valence-corrected chi connectivity index (χ3v) is 2.04. The van der Waals surface area contributed by atoms with E-state index in [4.69, 9.17) is 5.11 Å². The number of halogens is 2. The topological polar surface area (TPSA) is 20.2 Å². The van der Waals surface area contributed by atoms with E-state index in [1.54, 1.807) is 0 Å². The van der Waals surface area contributed by atoms with Gasteiger partial charge < -0.3 is 5.11 Å². The predicted octanol–water partition coefficient (Wildman–Crippen LogP) is 1.27. The van der Waals surface area contributed by atoms with Crippen LogP contribution in [0.15, 0.2) is 0 Å². The van der Waals surface area contributed by atoms with Gasteiger partial charge in [0.15, 0.2) is 0 Å². The number of aliphatic hydroxyl groups is 1. The van der Waals surface area contributed by atoms with E-state index in [1.165, 1.54) is 6.92 Å². The quantitative estimate of drug-likeness (QED) is 0.606. The fourth-order valence-electron chi connectivity index (χ4n) is 1.14. The first-order valence-electron chi connectivity index (χ1n) is 3.09. The monoisotopic (exact) mass is 136 g/mol. The minimum absolute atomic E-state index is 0.120. The molecule has 1 fully saturated rings. The second kappa shape index (κ2) is 1.90. The molecule has 0 heterocycles. The van der Waals surface area contributed by atoms with Gasteiger partial charge in [-0.1, -0.05) is 6.92 Å². The summed E-state index contributed by atoms with van der Waals surface area (Å²) in [4.78, 5) is 0. The first-order valence-corrected chi connectivity index (χ1v) is 3.09. The lowest BCUT2D eigenvalue weighted by atomic mass is 10.3. The van der Waals surface area contributed by atoms with Crippen molar-refractivity contribution in [3.05, 3.63) is 0 Å². The average Bonchev–Trinajstić information content (AvgIpc) is 2.19. The zero-order valence-electron chi connectivity index (χ0n) is 5.27. The molecule has 3 heteroatoms. The number of alkyl halides is 2. The van der Waals surface area contributed by atoms with Crippen LogP contribution in [0, 0.1) is 11.8 Å². The summed E-state index contributed by atoms with van der Waals surface area (Å²) in [6.07, 6.45) is 0.244. The molecule has 0 spiro atoms. The highest BCUT2D eigenvalue weighted by atomic mass is 19.3. The molecule has 0 aromatic carbocycles. The Kier molecular flexibility index (Phi) is 1.47. The minimum atomic E-state index is -2.48. The van der Waals surface area contributed by atoms with Crippen molar-refractivity contribution in [2.45, 2.75) is 19.3 Å². The highest BCUT2D eigenvalue weighted by Gasteiger charge is 2.64. The predicted molar refractivity (Wildman–Crippen MR) is 29.3 cm³/mol. The maximum Gasteiger partial charge on any atom is 0.254 e. The molecular formula is C6H10F2O. The van der Waals surface area contributed by atoms with E-state index in [9.17, 15) is 8.78 Å². The molecule has 1 rings (SSSR count). The van der Waals surface area contributed by atoms with E-state index in [0.717, 1.165) is 0 Å². The summed E-state index contributed by atoms with van der Waals surface area (Å²) in [6, 6.07) is 0. The van der Waals surface area contributed by atoms with E-state index in [0.29, 0.717) is 0 Å². The molecule has 2 atom stereocenters. The fraction of sp³-hybridized carbons (Fsp3) is 1.00. The van der Waals surface area contributed by atoms with Crippen molar-refractivity contribution in [1.29, 1.82) is 0 Å². The first kappa shape index (κ1) is 6.93. The number of rotatable bonds is 2. The molecule has 0 amide bonds. The van der Waals surface area contributed by atoms with Crippen LogP contribution in [0.2, 0.25) is 0 Å². The van der Waals surface area contributed by atoms with Crippen LogP contribution in [0.1, 0.15) is 13.3 Å². The van der Waals surface area contributed by atoms with Gasteiger partial charge in [-0.25, -0.2) is 8.78 Å². The first-order chi connectivity index (χ1) is 4.10. The van der Waals surface area contributed by atoms with Gasteiger partial charge in [0.1, 0.15) is 0 Å². The highest BCUT2D eigenvalue weighted by Crippen LogP contribution is 2.56. The van der Waals surface area contributed by atoms with Gasteiger partial charge in [-0.05, 0) is 6.42 Å². The largest absolute Gasteiger partial charge is 0.396 e. The van der Waals surface area contributed by atoms with Gasteiger partial charge >= 0.3 is 0 Å². The zero-order chi connectivity index (χ0) is 7.07. The molecule has 0 aromatic rings. The Labute approximate surface area is 52.7 Å². The molecule has 2 unspecified atom stereocenters. The van der Waals surface area contributed by atoms with Gasteiger partial charge in [0.05, 0.1) is 0 Å². The molecule has 1 aliphatic rings. The van der Waals surface area contributed by atoms with Crippen LogP contribution in [0.4, 0.5) is 8.78 Å². The lowest BCUT2D eigenvalue weighted by Gasteiger charge is -1.90. The summed E-state index contributed by atoms with van der Waals surface area (Å²) in [6.45, 7) is 1.39. The van der Waals surface area contributed by atoms with E-state index in [1.807, 2.05) is 0 Å². The van der Waals surface area contributed by atoms with Crippen molar-refractivity contribution in [3.63, 3.8) is 0 Å². The fourth-order valence-corrected chi connectivity index (χ4v) is 1.14. The summed E-state index contributed by atoms with van der Waals surface area (Å²) in [5.41, 5.74) is 0. The van der Waals surface area contributed by atoms with Gasteiger partial charge in [-0.3, -0.25) is 0 Å². The third-order valence-electron chi connectivity index (χ3n) is 2.04. The molecule has 1 saturated carbocycles. The Morgan fingerprint density at radius 3 is 2.11 bits per heavy atom. The van der Waals surface area contributed by atoms with Gasteiger partial charge in [0.25, 0.3) is 5.92 Å². The molecule has 1 aliphatic carbocycles. The van der Waals surface area contributed by atoms with Crippen LogP contribution in [0.5, 0.6) is 0 Å². The number of aliphatic hydroxyl groups excluding tert-OH is 1. The molecule has 9 heavy (non-hydrogen) atoms. The zero-order valence-corrected chi connectivity index (χ0v) is 5.27. The van der Waals surface area contributed by atoms with Crippen LogP contribution >= 0.6 is 0 Å². The standard InChI is InChI=1S/C6H10F2O/c1-4-5(2-3-9)6(4,7)8/h4-5,9H,2-3H2,1H3. The highest BCUT2D eigenvalue weighted by molar-refractivity contribution is 5.01. The van der Waals surface area contributed by atoms with Crippen molar-refractivity contribution >= 4 is 0 Å². The molecule has 0 radical (unpaired) electrons. The maximum absolute atomic E-state index is 12.3. The van der Waals surface area contributed by atoms with Gasteiger partial charge in [-0.2, -0.15) is 0 Å². The average molecular weight is 136 g/mol. The summed E-state index contributed by atoms with van der Waals surface area (Å²) in [7, 11) is 0. The van der Waals surface area contributed by atoms with Crippen molar-refractivity contribution in [1.82, 2.24) is 0 Å². The third kappa shape index (κ3) is 0.936. The minimum Gasteiger partial charge on any atom is -0.396 e. The Hall–Kier alpha value is -0.180. The lowest BCUT2D eigenvalue weighted by molar-refractivity contribution is 0.0813. The van der Waals surface area contributed by atoms with Crippen LogP contribution < -0.4 is 0 Å². The van der Waals surface area contributed by atoms with E-state index < -0.39 is 17.8 Å². The van der Waals surface area contributed by atoms with Crippen molar-refractivity contribution in [3.8, 4) is 0 Å². The molecule has 1 nitrogen and oxygen atoms in total. The van der Waals surface area contributed by atoms with Crippen molar-refractivity contribution in [2.75, 3.05) is 6.61 Å². The van der Waals surface area contributed by atoms with Crippen molar-refractivity contribution in [2.24, 2.45) is 11.8 Å². The normalized spacial score (nSPS) is 38.7. The molecule has 0 saturated heterocycles. The second-order valence-corrected chi connectivity index (χ2v) is 2.58. The van der Waals surface area contributed by atoms with Crippen LogP contribution in [-0.2, 0) is 0 Å². The van der Waals surface area contributed by atoms with Gasteiger partial charge in [0, 0.05) is 18.4 Å². The smallest absolute Gasteiger partial charge is 0.254 e. The molecule has 0 aromatic heterocycles. The molecule has 54 valence electrons. The van der Waals surface area contributed by atoms with Crippen LogP contribution in [-0.4, -0.2) is 17.6 Å². The lowest BCUT2D eigenvalue weighted by Crippen LogP contribution is -1.95. The van der Waals surface area contributed by atoms with E-state index in [2.05, 4.69) is 0 Å². The summed E-state index contributed by atoms with van der Waals surface area (Å²) < 4.78 is 24.5. The van der Waals surface area contributed by atoms with E-state index >= 15 is 0 Å². The Morgan fingerprint density at radius 2 is 2.00 bits per heavy atom. The Bertz CT molecular complexity index is 114. The molecule has 0 aliphatic heterocycles. The molecular weight excluding hydrogens is 126 g/mol. The van der Waals surface area contributed by atoms with Crippen LogP contribution in [0.3, 0.4) is 0 Å². The Morgan fingerprint density at radius 1 is 1.56 bits per heavy atom. The summed E-state index contributed by atoms with van der Waals surface area (Å²) in [5, 5.41) is 8.29.